The number of rotatable bonds is 5. The summed E-state index contributed by atoms with van der Waals surface area (Å²) >= 11 is 0. The van der Waals surface area contributed by atoms with Crippen LogP contribution in [0.2, 0.25) is 0 Å². The fourth-order valence-corrected chi connectivity index (χ4v) is 2.55. The van der Waals surface area contributed by atoms with Crippen LogP contribution < -0.4 is 0 Å². The van der Waals surface area contributed by atoms with Crippen LogP contribution >= 0.6 is 0 Å². The van der Waals surface area contributed by atoms with Crippen molar-refractivity contribution < 1.29 is 9.90 Å². The van der Waals surface area contributed by atoms with Crippen LogP contribution in [0.15, 0.2) is 67.0 Å². The van der Waals surface area contributed by atoms with Crippen molar-refractivity contribution in [2.24, 2.45) is 0 Å². The SMILES string of the molecule is CC(O)c1nccn1CC(=O)c1ccc(-c2ccccc2)cc1. The molecule has 1 atom stereocenters. The number of imidazole rings is 1. The average Bonchev–Trinajstić information content (AvgIpc) is 3.04. The number of ketones is 1. The van der Waals surface area contributed by atoms with E-state index in [1.165, 1.54) is 0 Å². The third-order valence-corrected chi connectivity index (χ3v) is 3.75. The summed E-state index contributed by atoms with van der Waals surface area (Å²) in [5.41, 5.74) is 2.85. The highest BCUT2D eigenvalue weighted by atomic mass is 16.3. The highest BCUT2D eigenvalue weighted by molar-refractivity contribution is 5.96. The Kier molecular flexibility index (Phi) is 4.35. The Morgan fingerprint density at radius 2 is 1.74 bits per heavy atom. The van der Waals surface area contributed by atoms with E-state index in [9.17, 15) is 9.90 Å². The number of hydrogen-bond donors (Lipinski definition) is 1. The lowest BCUT2D eigenvalue weighted by atomic mass is 10.0. The minimum absolute atomic E-state index is 0.00971. The smallest absolute Gasteiger partial charge is 0.182 e. The Morgan fingerprint density at radius 1 is 1.09 bits per heavy atom. The van der Waals surface area contributed by atoms with Gasteiger partial charge >= 0.3 is 0 Å². The molecular formula is C19H18N2O2. The standard InChI is InChI=1S/C19H18N2O2/c1-14(22)19-20-11-12-21(19)13-18(23)17-9-7-16(8-10-17)15-5-3-2-4-6-15/h2-12,14,22H,13H2,1H3. The lowest BCUT2D eigenvalue weighted by Gasteiger charge is -2.09. The van der Waals surface area contributed by atoms with E-state index in [1.807, 2.05) is 54.6 Å². The summed E-state index contributed by atoms with van der Waals surface area (Å²) < 4.78 is 1.68. The van der Waals surface area contributed by atoms with Gasteiger partial charge < -0.3 is 9.67 Å². The van der Waals surface area contributed by atoms with E-state index in [0.717, 1.165) is 11.1 Å². The number of aliphatic hydroxyl groups excluding tert-OH is 1. The average molecular weight is 306 g/mol. The molecule has 0 amide bonds. The summed E-state index contributed by atoms with van der Waals surface area (Å²) in [5.74, 6) is 0.490. The Morgan fingerprint density at radius 3 is 2.39 bits per heavy atom. The normalized spacial score (nSPS) is 12.1. The maximum Gasteiger partial charge on any atom is 0.182 e. The van der Waals surface area contributed by atoms with Crippen LogP contribution in [-0.4, -0.2) is 20.4 Å². The van der Waals surface area contributed by atoms with Gasteiger partial charge in [0.25, 0.3) is 0 Å². The molecule has 0 aliphatic carbocycles. The van der Waals surface area contributed by atoms with Crippen LogP contribution in [0.4, 0.5) is 0 Å². The molecule has 0 radical (unpaired) electrons. The molecule has 0 spiro atoms. The lowest BCUT2D eigenvalue weighted by molar-refractivity contribution is 0.0966. The van der Waals surface area contributed by atoms with E-state index >= 15 is 0 Å². The van der Waals surface area contributed by atoms with Crippen LogP contribution in [0, 0.1) is 0 Å². The molecule has 1 unspecified atom stereocenters. The van der Waals surface area contributed by atoms with Crippen molar-refractivity contribution in [2.45, 2.75) is 19.6 Å². The number of aliphatic hydroxyl groups is 1. The van der Waals surface area contributed by atoms with Crippen LogP contribution in [0.3, 0.4) is 0 Å². The van der Waals surface area contributed by atoms with Gasteiger partial charge in [0.15, 0.2) is 5.78 Å². The minimum atomic E-state index is -0.696. The molecule has 3 rings (SSSR count). The predicted octanol–water partition coefficient (Wildman–Crippen LogP) is 3.49. The molecule has 116 valence electrons. The number of hydrogen-bond acceptors (Lipinski definition) is 3. The molecule has 0 fully saturated rings. The second-order valence-corrected chi connectivity index (χ2v) is 5.46. The molecular weight excluding hydrogens is 288 g/mol. The predicted molar refractivity (Wildman–Crippen MR) is 89.1 cm³/mol. The van der Waals surface area contributed by atoms with Crippen LogP contribution in [-0.2, 0) is 6.54 Å². The highest BCUT2D eigenvalue weighted by Gasteiger charge is 2.13. The number of carbonyl (C=O) groups is 1. The number of Topliss-reactive ketones (excluding diaryl/α,β-unsaturated/α-hetero) is 1. The maximum absolute atomic E-state index is 12.4. The van der Waals surface area contributed by atoms with Crippen LogP contribution in [0.5, 0.6) is 0 Å². The fourth-order valence-electron chi connectivity index (χ4n) is 2.55. The molecule has 23 heavy (non-hydrogen) atoms. The van der Waals surface area contributed by atoms with E-state index in [2.05, 4.69) is 4.98 Å². The molecule has 0 saturated heterocycles. The first kappa shape index (κ1) is 15.2. The molecule has 2 aromatic carbocycles. The van der Waals surface area contributed by atoms with Crippen LogP contribution in [0.25, 0.3) is 11.1 Å². The van der Waals surface area contributed by atoms with Gasteiger partial charge in [-0.15, -0.1) is 0 Å². The Balaban J connectivity index is 1.77. The summed E-state index contributed by atoms with van der Waals surface area (Å²) in [5, 5.41) is 9.64. The number of nitrogens with zero attached hydrogens (tertiary/aromatic N) is 2. The van der Waals surface area contributed by atoms with E-state index in [-0.39, 0.29) is 12.3 Å². The summed E-state index contributed by atoms with van der Waals surface area (Å²) in [4.78, 5) is 16.5. The van der Waals surface area contributed by atoms with Crippen molar-refractivity contribution in [3.05, 3.63) is 78.4 Å². The van der Waals surface area contributed by atoms with Gasteiger partial charge in [0.05, 0.1) is 6.54 Å². The summed E-state index contributed by atoms with van der Waals surface area (Å²) in [6.45, 7) is 1.81. The lowest BCUT2D eigenvalue weighted by Crippen LogP contribution is -2.14. The van der Waals surface area contributed by atoms with Crippen molar-refractivity contribution in [3.63, 3.8) is 0 Å². The number of aromatic nitrogens is 2. The summed E-state index contributed by atoms with van der Waals surface area (Å²) in [6, 6.07) is 17.6. The van der Waals surface area contributed by atoms with E-state index < -0.39 is 6.10 Å². The van der Waals surface area contributed by atoms with Gasteiger partial charge in [0.2, 0.25) is 0 Å². The molecule has 0 saturated carbocycles. The van der Waals surface area contributed by atoms with Gasteiger partial charge in [-0.25, -0.2) is 4.98 Å². The van der Waals surface area contributed by atoms with E-state index in [0.29, 0.717) is 11.4 Å². The topological polar surface area (TPSA) is 55.1 Å². The second-order valence-electron chi connectivity index (χ2n) is 5.46. The first-order valence-corrected chi connectivity index (χ1v) is 7.53. The molecule has 0 aliphatic heterocycles. The van der Waals surface area contributed by atoms with Crippen molar-refractivity contribution in [2.75, 3.05) is 0 Å². The molecule has 1 N–H and O–H groups in total. The third-order valence-electron chi connectivity index (χ3n) is 3.75. The van der Waals surface area contributed by atoms with Gasteiger partial charge in [-0.2, -0.15) is 0 Å². The minimum Gasteiger partial charge on any atom is -0.385 e. The number of benzene rings is 2. The van der Waals surface area contributed by atoms with Gasteiger partial charge in [-0.3, -0.25) is 4.79 Å². The van der Waals surface area contributed by atoms with Crippen molar-refractivity contribution >= 4 is 5.78 Å². The zero-order chi connectivity index (χ0) is 16.2. The van der Waals surface area contributed by atoms with Gasteiger partial charge in [0.1, 0.15) is 11.9 Å². The van der Waals surface area contributed by atoms with Crippen molar-refractivity contribution in [1.82, 2.24) is 9.55 Å². The third kappa shape index (κ3) is 3.38. The van der Waals surface area contributed by atoms with Gasteiger partial charge in [-0.1, -0.05) is 54.6 Å². The molecule has 0 aliphatic rings. The molecule has 4 heteroatoms. The quantitative estimate of drug-likeness (QED) is 0.734. The Hall–Kier alpha value is -2.72. The zero-order valence-electron chi connectivity index (χ0n) is 12.9. The largest absolute Gasteiger partial charge is 0.385 e. The van der Waals surface area contributed by atoms with Crippen molar-refractivity contribution in [1.29, 1.82) is 0 Å². The first-order chi connectivity index (χ1) is 11.1. The fraction of sp³-hybridized carbons (Fsp3) is 0.158. The monoisotopic (exact) mass is 306 g/mol. The maximum atomic E-state index is 12.4. The molecule has 0 bridgehead atoms. The Bertz CT molecular complexity index is 790. The second kappa shape index (κ2) is 6.58. The van der Waals surface area contributed by atoms with Crippen LogP contribution in [0.1, 0.15) is 29.2 Å². The molecule has 3 aromatic rings. The van der Waals surface area contributed by atoms with E-state index in [4.69, 9.17) is 0 Å². The number of carbonyl (C=O) groups excluding carboxylic acids is 1. The molecule has 1 aromatic heterocycles. The molecule has 4 nitrogen and oxygen atoms in total. The molecule has 1 heterocycles. The highest BCUT2D eigenvalue weighted by Crippen LogP contribution is 2.20. The zero-order valence-corrected chi connectivity index (χ0v) is 12.9. The first-order valence-electron chi connectivity index (χ1n) is 7.53. The van der Waals surface area contributed by atoms with Crippen molar-refractivity contribution in [3.8, 4) is 11.1 Å². The van der Waals surface area contributed by atoms with Gasteiger partial charge in [0, 0.05) is 18.0 Å². The Labute approximate surface area is 135 Å². The van der Waals surface area contributed by atoms with E-state index in [1.54, 1.807) is 23.9 Å². The van der Waals surface area contributed by atoms with Gasteiger partial charge in [-0.05, 0) is 18.1 Å². The summed E-state index contributed by atoms with van der Waals surface area (Å²) in [7, 11) is 0. The summed E-state index contributed by atoms with van der Waals surface area (Å²) in [6.07, 6.45) is 2.60.